The van der Waals surface area contributed by atoms with Gasteiger partial charge in [0.15, 0.2) is 0 Å². The van der Waals surface area contributed by atoms with Gasteiger partial charge in [-0.3, -0.25) is 4.79 Å². The highest BCUT2D eigenvalue weighted by molar-refractivity contribution is 5.81. The summed E-state index contributed by atoms with van der Waals surface area (Å²) in [5, 5.41) is 16.0. The van der Waals surface area contributed by atoms with Gasteiger partial charge in [-0.25, -0.2) is 0 Å². The Bertz CT molecular complexity index is 267. The lowest BCUT2D eigenvalue weighted by Gasteiger charge is -2.27. The van der Waals surface area contributed by atoms with E-state index in [0.29, 0.717) is 5.92 Å². The highest BCUT2D eigenvalue weighted by atomic mass is 16.3. The van der Waals surface area contributed by atoms with Crippen LogP contribution in [0.3, 0.4) is 0 Å². The molecule has 1 aliphatic rings. The fourth-order valence-corrected chi connectivity index (χ4v) is 2.70. The van der Waals surface area contributed by atoms with Gasteiger partial charge in [0.05, 0.1) is 12.1 Å². The van der Waals surface area contributed by atoms with Gasteiger partial charge in [-0.2, -0.15) is 0 Å². The minimum absolute atomic E-state index is 0.0880. The molecule has 1 rings (SSSR count). The predicted molar refractivity (Wildman–Crippen MR) is 77.9 cm³/mol. The number of rotatable bonds is 7. The smallest absolute Gasteiger partial charge is 0.237 e. The number of carbonyl (C=O) groups is 1. The number of nitrogens with one attached hydrogen (secondary N) is 2. The van der Waals surface area contributed by atoms with E-state index < -0.39 is 0 Å². The minimum atomic E-state index is -0.153. The SMILES string of the molecule is CCC(CC)NC(=O)C(C)NCC1CCCC(O)C1. The van der Waals surface area contributed by atoms with Gasteiger partial charge in [-0.1, -0.05) is 20.3 Å². The van der Waals surface area contributed by atoms with E-state index in [2.05, 4.69) is 24.5 Å². The second kappa shape index (κ2) is 8.54. The van der Waals surface area contributed by atoms with E-state index in [1.165, 1.54) is 0 Å². The lowest BCUT2D eigenvalue weighted by Crippen LogP contribution is -2.47. The molecule has 0 aliphatic heterocycles. The molecule has 19 heavy (non-hydrogen) atoms. The Labute approximate surface area is 117 Å². The first kappa shape index (κ1) is 16.4. The molecule has 0 spiro atoms. The molecule has 3 atom stereocenters. The summed E-state index contributed by atoms with van der Waals surface area (Å²) in [6, 6.07) is 0.132. The van der Waals surface area contributed by atoms with Crippen molar-refractivity contribution in [3.05, 3.63) is 0 Å². The summed E-state index contributed by atoms with van der Waals surface area (Å²) in [5.74, 6) is 0.595. The highest BCUT2D eigenvalue weighted by Crippen LogP contribution is 2.23. The predicted octanol–water partition coefficient (Wildman–Crippen LogP) is 1.82. The van der Waals surface area contributed by atoms with E-state index in [1.807, 2.05) is 6.92 Å². The fraction of sp³-hybridized carbons (Fsp3) is 0.933. The van der Waals surface area contributed by atoms with Crippen LogP contribution >= 0.6 is 0 Å². The van der Waals surface area contributed by atoms with Gasteiger partial charge in [-0.15, -0.1) is 0 Å². The lowest BCUT2D eigenvalue weighted by atomic mass is 9.87. The molecule has 0 aromatic rings. The first-order chi connectivity index (χ1) is 9.06. The molecule has 0 radical (unpaired) electrons. The van der Waals surface area contributed by atoms with Crippen molar-refractivity contribution in [2.75, 3.05) is 6.54 Å². The normalized spacial score (nSPS) is 25.3. The third-order valence-electron chi connectivity index (χ3n) is 4.19. The van der Waals surface area contributed by atoms with E-state index in [1.54, 1.807) is 0 Å². The van der Waals surface area contributed by atoms with Gasteiger partial charge < -0.3 is 15.7 Å². The maximum absolute atomic E-state index is 12.0. The maximum atomic E-state index is 12.0. The summed E-state index contributed by atoms with van der Waals surface area (Å²) >= 11 is 0. The van der Waals surface area contributed by atoms with Gasteiger partial charge in [0.1, 0.15) is 0 Å². The molecule has 1 amide bonds. The van der Waals surface area contributed by atoms with Crippen LogP contribution < -0.4 is 10.6 Å². The van der Waals surface area contributed by atoms with Crippen molar-refractivity contribution in [3.63, 3.8) is 0 Å². The van der Waals surface area contributed by atoms with Crippen LogP contribution in [0, 0.1) is 5.92 Å². The zero-order valence-electron chi connectivity index (χ0n) is 12.6. The van der Waals surface area contributed by atoms with Crippen LogP contribution in [0.1, 0.15) is 59.3 Å². The van der Waals surface area contributed by atoms with Crippen molar-refractivity contribution in [2.45, 2.75) is 77.5 Å². The maximum Gasteiger partial charge on any atom is 0.237 e. The largest absolute Gasteiger partial charge is 0.393 e. The van der Waals surface area contributed by atoms with Crippen LogP contribution in [-0.2, 0) is 4.79 Å². The Kier molecular flexibility index (Phi) is 7.39. The number of amides is 1. The Morgan fingerprint density at radius 3 is 2.58 bits per heavy atom. The summed E-state index contributed by atoms with van der Waals surface area (Å²) in [4.78, 5) is 12.0. The van der Waals surface area contributed by atoms with Crippen LogP contribution in [-0.4, -0.2) is 35.7 Å². The topological polar surface area (TPSA) is 61.4 Å². The molecule has 3 N–H and O–H groups in total. The summed E-state index contributed by atoms with van der Waals surface area (Å²) < 4.78 is 0. The van der Waals surface area contributed by atoms with Crippen molar-refractivity contribution in [2.24, 2.45) is 5.92 Å². The summed E-state index contributed by atoms with van der Waals surface area (Å²) in [6.45, 7) is 6.93. The standard InChI is InChI=1S/C15H30N2O2/c1-4-13(5-2)17-15(19)11(3)16-10-12-7-6-8-14(18)9-12/h11-14,16,18H,4-10H2,1-3H3,(H,17,19). The second-order valence-corrected chi connectivity index (χ2v) is 5.84. The van der Waals surface area contributed by atoms with Crippen LogP contribution in [0.25, 0.3) is 0 Å². The zero-order valence-corrected chi connectivity index (χ0v) is 12.6. The van der Waals surface area contributed by atoms with Crippen molar-refractivity contribution in [3.8, 4) is 0 Å². The molecule has 1 saturated carbocycles. The first-order valence-corrected chi connectivity index (χ1v) is 7.78. The highest BCUT2D eigenvalue weighted by Gasteiger charge is 2.22. The molecule has 1 fully saturated rings. The van der Waals surface area contributed by atoms with E-state index >= 15 is 0 Å². The van der Waals surface area contributed by atoms with Gasteiger partial charge in [0.2, 0.25) is 5.91 Å². The molecule has 112 valence electrons. The van der Waals surface area contributed by atoms with Crippen LogP contribution in [0.15, 0.2) is 0 Å². The van der Waals surface area contributed by atoms with Crippen LogP contribution in [0.2, 0.25) is 0 Å². The Morgan fingerprint density at radius 2 is 2.00 bits per heavy atom. The van der Waals surface area contributed by atoms with Crippen molar-refractivity contribution in [1.82, 2.24) is 10.6 Å². The number of carbonyl (C=O) groups excluding carboxylic acids is 1. The second-order valence-electron chi connectivity index (χ2n) is 5.84. The monoisotopic (exact) mass is 270 g/mol. The van der Waals surface area contributed by atoms with E-state index in [4.69, 9.17) is 0 Å². The quantitative estimate of drug-likeness (QED) is 0.661. The molecule has 0 saturated heterocycles. The molecule has 0 bridgehead atoms. The third-order valence-corrected chi connectivity index (χ3v) is 4.19. The Hall–Kier alpha value is -0.610. The zero-order chi connectivity index (χ0) is 14.3. The average Bonchev–Trinajstić information content (AvgIpc) is 2.41. The molecule has 1 aliphatic carbocycles. The summed E-state index contributed by atoms with van der Waals surface area (Å²) in [5.41, 5.74) is 0. The van der Waals surface area contributed by atoms with Crippen LogP contribution in [0.5, 0.6) is 0 Å². The van der Waals surface area contributed by atoms with E-state index in [-0.39, 0.29) is 24.1 Å². The molecule has 4 heteroatoms. The van der Waals surface area contributed by atoms with Crippen molar-refractivity contribution in [1.29, 1.82) is 0 Å². The van der Waals surface area contributed by atoms with E-state index in [0.717, 1.165) is 45.1 Å². The third kappa shape index (κ3) is 5.91. The molecule has 0 heterocycles. The first-order valence-electron chi connectivity index (χ1n) is 7.78. The summed E-state index contributed by atoms with van der Waals surface area (Å²) in [7, 11) is 0. The number of aliphatic hydroxyl groups excluding tert-OH is 1. The van der Waals surface area contributed by atoms with Crippen molar-refractivity contribution < 1.29 is 9.90 Å². The molecule has 4 nitrogen and oxygen atoms in total. The molecule has 3 unspecified atom stereocenters. The molecular weight excluding hydrogens is 240 g/mol. The van der Waals surface area contributed by atoms with Gasteiger partial charge in [0.25, 0.3) is 0 Å². The Balaban J connectivity index is 2.25. The average molecular weight is 270 g/mol. The molecular formula is C15H30N2O2. The number of hydrogen-bond acceptors (Lipinski definition) is 3. The molecule has 0 aromatic carbocycles. The van der Waals surface area contributed by atoms with E-state index in [9.17, 15) is 9.90 Å². The number of hydrogen-bond donors (Lipinski definition) is 3. The Morgan fingerprint density at radius 1 is 1.32 bits per heavy atom. The van der Waals surface area contributed by atoms with Crippen molar-refractivity contribution >= 4 is 5.91 Å². The summed E-state index contributed by atoms with van der Waals surface area (Å²) in [6.07, 6.45) is 5.87. The molecule has 0 aromatic heterocycles. The van der Waals surface area contributed by atoms with Gasteiger partial charge in [0, 0.05) is 6.04 Å². The van der Waals surface area contributed by atoms with Crippen LogP contribution in [0.4, 0.5) is 0 Å². The lowest BCUT2D eigenvalue weighted by molar-refractivity contribution is -0.123. The fourth-order valence-electron chi connectivity index (χ4n) is 2.70. The van der Waals surface area contributed by atoms with Gasteiger partial charge in [-0.05, 0) is 51.5 Å². The minimum Gasteiger partial charge on any atom is -0.393 e. The van der Waals surface area contributed by atoms with Gasteiger partial charge >= 0.3 is 0 Å². The number of aliphatic hydroxyl groups is 1.